The monoisotopic (exact) mass is 455 g/mol. The molecule has 1 aliphatic heterocycles. The van der Waals surface area contributed by atoms with Crippen LogP contribution in [0.15, 0.2) is 72.8 Å². The normalized spacial score (nSPS) is 19.0. The summed E-state index contributed by atoms with van der Waals surface area (Å²) in [6.45, 7) is 1.29. The zero-order chi connectivity index (χ0) is 23.7. The average molecular weight is 456 g/mol. The highest BCUT2D eigenvalue weighted by Gasteiger charge is 2.49. The quantitative estimate of drug-likeness (QED) is 0.540. The van der Waals surface area contributed by atoms with E-state index < -0.39 is 29.9 Å². The van der Waals surface area contributed by atoms with E-state index in [1.54, 1.807) is 31.2 Å². The van der Waals surface area contributed by atoms with Crippen LogP contribution in [0.25, 0.3) is 0 Å². The van der Waals surface area contributed by atoms with Gasteiger partial charge in [0.15, 0.2) is 5.75 Å². The average Bonchev–Trinajstić information content (AvgIpc) is 3.39. The highest BCUT2D eigenvalue weighted by atomic mass is 16.5. The molecule has 7 heteroatoms. The Balaban J connectivity index is 1.30. The number of amides is 4. The molecule has 0 aromatic heterocycles. The van der Waals surface area contributed by atoms with E-state index in [-0.39, 0.29) is 0 Å². The van der Waals surface area contributed by atoms with E-state index in [0.29, 0.717) is 17.2 Å². The van der Waals surface area contributed by atoms with Crippen molar-refractivity contribution in [3.8, 4) is 11.5 Å². The third-order valence-electron chi connectivity index (χ3n) is 6.38. The second kappa shape index (κ2) is 8.67. The van der Waals surface area contributed by atoms with Gasteiger partial charge in [0, 0.05) is 0 Å². The number of carbonyl (C=O) groups is 3. The fraction of sp³-hybridized carbons (Fsp3) is 0.222. The first-order valence-electron chi connectivity index (χ1n) is 11.3. The van der Waals surface area contributed by atoms with Gasteiger partial charge in [0.1, 0.15) is 17.8 Å². The number of urea groups is 1. The number of anilines is 1. The minimum Gasteiger partial charge on any atom is -0.455 e. The molecule has 172 valence electrons. The minimum atomic E-state index is -1.21. The van der Waals surface area contributed by atoms with E-state index in [4.69, 9.17) is 4.74 Å². The first-order chi connectivity index (χ1) is 16.4. The molecule has 0 unspecified atom stereocenters. The van der Waals surface area contributed by atoms with Gasteiger partial charge >= 0.3 is 6.03 Å². The molecule has 1 atom stereocenters. The molecule has 2 N–H and O–H groups in total. The van der Waals surface area contributed by atoms with Gasteiger partial charge in [-0.05, 0) is 67.1 Å². The first-order valence-corrected chi connectivity index (χ1v) is 11.3. The number of imide groups is 1. The lowest BCUT2D eigenvalue weighted by molar-refractivity contribution is -0.133. The Bertz CT molecular complexity index is 1270. The Labute approximate surface area is 197 Å². The summed E-state index contributed by atoms with van der Waals surface area (Å²) >= 11 is 0. The maximum atomic E-state index is 13.3. The van der Waals surface area contributed by atoms with Gasteiger partial charge in [0.2, 0.25) is 5.91 Å². The second-order valence-electron chi connectivity index (χ2n) is 8.74. The van der Waals surface area contributed by atoms with Crippen LogP contribution in [0.2, 0.25) is 0 Å². The number of aryl methyl sites for hydroxylation is 2. The lowest BCUT2D eigenvalue weighted by Crippen LogP contribution is -2.42. The predicted molar refractivity (Wildman–Crippen MR) is 128 cm³/mol. The number of rotatable bonds is 6. The number of para-hydroxylation sites is 3. The highest BCUT2D eigenvalue weighted by Crippen LogP contribution is 2.33. The minimum absolute atomic E-state index is 0.398. The van der Waals surface area contributed by atoms with E-state index in [9.17, 15) is 14.4 Å². The molecule has 1 saturated heterocycles. The van der Waals surface area contributed by atoms with E-state index in [2.05, 4.69) is 10.6 Å². The van der Waals surface area contributed by atoms with Crippen LogP contribution in [0.5, 0.6) is 11.5 Å². The largest absolute Gasteiger partial charge is 0.455 e. The number of benzene rings is 3. The summed E-state index contributed by atoms with van der Waals surface area (Å²) in [6, 6.07) is 21.6. The van der Waals surface area contributed by atoms with Crippen LogP contribution in [-0.4, -0.2) is 29.3 Å². The van der Waals surface area contributed by atoms with E-state index >= 15 is 0 Å². The Kier molecular flexibility index (Phi) is 5.53. The molecule has 0 spiro atoms. The van der Waals surface area contributed by atoms with Crippen molar-refractivity contribution in [2.45, 2.75) is 31.7 Å². The van der Waals surface area contributed by atoms with Gasteiger partial charge in [-0.2, -0.15) is 0 Å². The van der Waals surface area contributed by atoms with Crippen molar-refractivity contribution in [3.05, 3.63) is 89.5 Å². The number of hydrogen-bond acceptors (Lipinski definition) is 4. The summed E-state index contributed by atoms with van der Waals surface area (Å²) in [7, 11) is 0. The Morgan fingerprint density at radius 3 is 2.56 bits per heavy atom. The third-order valence-corrected chi connectivity index (χ3v) is 6.38. The summed E-state index contributed by atoms with van der Waals surface area (Å²) in [4.78, 5) is 39.8. The lowest BCUT2D eigenvalue weighted by atomic mass is 9.89. The maximum absolute atomic E-state index is 13.3. The Morgan fingerprint density at radius 2 is 1.74 bits per heavy atom. The summed E-state index contributed by atoms with van der Waals surface area (Å²) in [6.07, 6.45) is 3.10. The molecule has 7 nitrogen and oxygen atoms in total. The highest BCUT2D eigenvalue weighted by molar-refractivity contribution is 6.10. The molecule has 1 fully saturated rings. The van der Waals surface area contributed by atoms with Crippen LogP contribution in [0, 0.1) is 0 Å². The molecule has 2 aliphatic rings. The molecule has 3 aromatic carbocycles. The number of fused-ring (bicyclic) bond motifs is 1. The van der Waals surface area contributed by atoms with Crippen molar-refractivity contribution in [2.75, 3.05) is 11.9 Å². The van der Waals surface area contributed by atoms with Crippen LogP contribution in [-0.2, 0) is 28.0 Å². The van der Waals surface area contributed by atoms with Crippen molar-refractivity contribution in [1.29, 1.82) is 0 Å². The van der Waals surface area contributed by atoms with Crippen LogP contribution in [0.4, 0.5) is 10.5 Å². The standard InChI is InChI=1S/C27H25N3O4/c1-27(20-15-14-18-8-7-9-19(18)16-20)25(32)30(26(33)29-27)17-24(31)28-22-12-5-6-13-23(22)34-21-10-3-2-4-11-21/h2-6,10-16H,7-9,17H2,1H3,(H,28,31)(H,29,33)/t27-/m1/s1. The molecule has 1 aliphatic carbocycles. The smallest absolute Gasteiger partial charge is 0.325 e. The van der Waals surface area contributed by atoms with Crippen molar-refractivity contribution >= 4 is 23.5 Å². The predicted octanol–water partition coefficient (Wildman–Crippen LogP) is 4.37. The molecule has 1 heterocycles. The number of carbonyl (C=O) groups excluding carboxylic acids is 3. The number of nitrogens with one attached hydrogen (secondary N) is 2. The fourth-order valence-corrected chi connectivity index (χ4v) is 4.53. The van der Waals surface area contributed by atoms with Crippen molar-refractivity contribution in [3.63, 3.8) is 0 Å². The lowest BCUT2D eigenvalue weighted by Gasteiger charge is -2.23. The Hall–Kier alpha value is -4.13. The molecule has 0 bridgehead atoms. The molecular weight excluding hydrogens is 430 g/mol. The van der Waals surface area contributed by atoms with E-state index in [0.717, 1.165) is 29.7 Å². The molecular formula is C27H25N3O4. The van der Waals surface area contributed by atoms with Gasteiger partial charge < -0.3 is 15.4 Å². The van der Waals surface area contributed by atoms with Gasteiger partial charge in [-0.15, -0.1) is 0 Å². The van der Waals surface area contributed by atoms with Crippen molar-refractivity contribution < 1.29 is 19.1 Å². The first kappa shape index (κ1) is 21.7. The number of nitrogens with zero attached hydrogens (tertiary/aromatic N) is 1. The van der Waals surface area contributed by atoms with Gasteiger partial charge in [-0.1, -0.05) is 48.5 Å². The fourth-order valence-electron chi connectivity index (χ4n) is 4.53. The SMILES string of the molecule is C[C@]1(c2ccc3c(c2)CCC3)NC(=O)N(CC(=O)Nc2ccccc2Oc2ccccc2)C1=O. The van der Waals surface area contributed by atoms with Crippen molar-refractivity contribution in [2.24, 2.45) is 0 Å². The van der Waals surface area contributed by atoms with Gasteiger partial charge in [0.05, 0.1) is 5.69 Å². The number of ether oxygens (including phenoxy) is 1. The maximum Gasteiger partial charge on any atom is 0.325 e. The second-order valence-corrected chi connectivity index (χ2v) is 8.74. The molecule has 0 saturated carbocycles. The summed E-state index contributed by atoms with van der Waals surface area (Å²) < 4.78 is 5.88. The molecule has 5 rings (SSSR count). The van der Waals surface area contributed by atoms with Crippen LogP contribution < -0.4 is 15.4 Å². The van der Waals surface area contributed by atoms with Gasteiger partial charge in [-0.25, -0.2) is 4.79 Å². The Morgan fingerprint density at radius 1 is 1.00 bits per heavy atom. The molecule has 34 heavy (non-hydrogen) atoms. The van der Waals surface area contributed by atoms with E-state index in [1.165, 1.54) is 11.1 Å². The van der Waals surface area contributed by atoms with Crippen LogP contribution in [0.3, 0.4) is 0 Å². The summed E-state index contributed by atoms with van der Waals surface area (Å²) in [5, 5.41) is 5.55. The summed E-state index contributed by atoms with van der Waals surface area (Å²) in [5.41, 5.74) is 2.48. The zero-order valence-corrected chi connectivity index (χ0v) is 18.8. The topological polar surface area (TPSA) is 87.7 Å². The van der Waals surface area contributed by atoms with E-state index in [1.807, 2.05) is 48.5 Å². The molecule has 3 aromatic rings. The van der Waals surface area contributed by atoms with Crippen molar-refractivity contribution in [1.82, 2.24) is 10.2 Å². The zero-order valence-electron chi connectivity index (χ0n) is 18.8. The van der Waals surface area contributed by atoms with Crippen LogP contribution in [0.1, 0.15) is 30.0 Å². The molecule has 0 radical (unpaired) electrons. The third kappa shape index (κ3) is 4.01. The molecule has 4 amide bonds. The van der Waals surface area contributed by atoms with Gasteiger partial charge in [-0.3, -0.25) is 14.5 Å². The van der Waals surface area contributed by atoms with Crippen LogP contribution >= 0.6 is 0 Å². The van der Waals surface area contributed by atoms with Gasteiger partial charge in [0.25, 0.3) is 5.91 Å². The summed E-state index contributed by atoms with van der Waals surface area (Å²) in [5.74, 6) is 0.149. The number of hydrogen-bond donors (Lipinski definition) is 2.